The maximum atomic E-state index is 13.0. The highest BCUT2D eigenvalue weighted by Crippen LogP contribution is 2.22. The monoisotopic (exact) mass is 279 g/mol. The van der Waals surface area contributed by atoms with Gasteiger partial charge in [-0.3, -0.25) is 0 Å². The van der Waals surface area contributed by atoms with Crippen LogP contribution < -0.4 is 4.90 Å². The van der Waals surface area contributed by atoms with Crippen molar-refractivity contribution in [1.29, 1.82) is 0 Å². The highest BCUT2D eigenvalue weighted by atomic mass is 35.5. The Hall–Kier alpha value is -1.68. The third-order valence-electron chi connectivity index (χ3n) is 2.91. The molecule has 1 aromatic heterocycles. The number of hydrogen-bond donors (Lipinski definition) is 0. The summed E-state index contributed by atoms with van der Waals surface area (Å²) in [5.41, 5.74) is 2.64. The van der Waals surface area contributed by atoms with Crippen LogP contribution in [-0.2, 0) is 5.88 Å². The van der Waals surface area contributed by atoms with Gasteiger partial charge < -0.3 is 4.90 Å². The van der Waals surface area contributed by atoms with E-state index in [-0.39, 0.29) is 5.82 Å². The molecule has 1 aromatic carbocycles. The van der Waals surface area contributed by atoms with E-state index in [2.05, 4.69) is 9.97 Å². The minimum absolute atomic E-state index is 0.255. The van der Waals surface area contributed by atoms with E-state index in [9.17, 15) is 4.39 Å². The van der Waals surface area contributed by atoms with E-state index in [1.165, 1.54) is 12.1 Å². The summed E-state index contributed by atoms with van der Waals surface area (Å²) >= 11 is 5.80. The van der Waals surface area contributed by atoms with E-state index >= 15 is 0 Å². The van der Waals surface area contributed by atoms with Crippen molar-refractivity contribution in [3.63, 3.8) is 0 Å². The molecule has 0 amide bonds. The van der Waals surface area contributed by atoms with Crippen LogP contribution in [0.25, 0.3) is 0 Å². The molecule has 0 saturated heterocycles. The van der Waals surface area contributed by atoms with Crippen LogP contribution >= 0.6 is 11.6 Å². The van der Waals surface area contributed by atoms with E-state index in [4.69, 9.17) is 11.6 Å². The van der Waals surface area contributed by atoms with Gasteiger partial charge in [0, 0.05) is 29.7 Å². The second kappa shape index (κ2) is 5.97. The molecule has 0 bridgehead atoms. The van der Waals surface area contributed by atoms with Crippen LogP contribution in [-0.4, -0.2) is 16.5 Å². The van der Waals surface area contributed by atoms with Crippen LogP contribution in [0.5, 0.6) is 0 Å². The standard InChI is InChI=1S/C14H15ClFN3/c1-3-19(13-6-4-12(16)5-7-13)14-17-9-11(8-15)10(2)18-14/h4-7,9H,3,8H2,1-2H3. The first-order chi connectivity index (χ1) is 9.15. The minimum Gasteiger partial charge on any atom is -0.311 e. The van der Waals surface area contributed by atoms with E-state index in [1.54, 1.807) is 18.3 Å². The van der Waals surface area contributed by atoms with Crippen molar-refractivity contribution in [3.8, 4) is 0 Å². The highest BCUT2D eigenvalue weighted by molar-refractivity contribution is 6.17. The highest BCUT2D eigenvalue weighted by Gasteiger charge is 2.11. The summed E-state index contributed by atoms with van der Waals surface area (Å²) in [4.78, 5) is 10.7. The zero-order chi connectivity index (χ0) is 13.8. The predicted octanol–water partition coefficient (Wildman–Crippen LogP) is 3.82. The van der Waals surface area contributed by atoms with Crippen LogP contribution in [0.1, 0.15) is 18.2 Å². The Bertz CT molecular complexity index is 557. The number of benzene rings is 1. The third-order valence-corrected chi connectivity index (χ3v) is 3.20. The van der Waals surface area contributed by atoms with E-state index in [0.717, 1.165) is 16.9 Å². The molecule has 0 spiro atoms. The molecule has 0 radical (unpaired) electrons. The molecular weight excluding hydrogens is 265 g/mol. The van der Waals surface area contributed by atoms with E-state index in [0.29, 0.717) is 18.4 Å². The molecule has 2 aromatic rings. The Balaban J connectivity index is 2.36. The first-order valence-electron chi connectivity index (χ1n) is 6.07. The van der Waals surface area contributed by atoms with Crippen LogP contribution in [0, 0.1) is 12.7 Å². The fourth-order valence-electron chi connectivity index (χ4n) is 1.80. The molecule has 0 aliphatic heterocycles. The lowest BCUT2D eigenvalue weighted by atomic mass is 10.2. The van der Waals surface area contributed by atoms with Gasteiger partial charge in [0.05, 0.1) is 5.88 Å². The first kappa shape index (κ1) is 13.7. The molecule has 0 N–H and O–H groups in total. The van der Waals surface area contributed by atoms with Crippen molar-refractivity contribution in [2.24, 2.45) is 0 Å². The fourth-order valence-corrected chi connectivity index (χ4v) is 2.06. The van der Waals surface area contributed by atoms with Crippen LogP contribution in [0.15, 0.2) is 30.5 Å². The van der Waals surface area contributed by atoms with E-state index < -0.39 is 0 Å². The number of anilines is 2. The quantitative estimate of drug-likeness (QED) is 0.797. The molecule has 0 fully saturated rings. The van der Waals surface area contributed by atoms with Gasteiger partial charge in [0.15, 0.2) is 0 Å². The largest absolute Gasteiger partial charge is 0.311 e. The number of alkyl halides is 1. The summed E-state index contributed by atoms with van der Waals surface area (Å²) in [6, 6.07) is 6.29. The molecule has 5 heteroatoms. The SMILES string of the molecule is CCN(c1ccc(F)cc1)c1ncc(CCl)c(C)n1. The zero-order valence-corrected chi connectivity index (χ0v) is 11.7. The summed E-state index contributed by atoms with van der Waals surface area (Å²) in [5.74, 6) is 0.740. The van der Waals surface area contributed by atoms with Gasteiger partial charge in [-0.15, -0.1) is 11.6 Å². The number of aryl methyl sites for hydroxylation is 1. The molecule has 0 aliphatic carbocycles. The first-order valence-corrected chi connectivity index (χ1v) is 6.60. The molecule has 0 unspecified atom stereocenters. The summed E-state index contributed by atoms with van der Waals surface area (Å²) in [5, 5.41) is 0. The average molecular weight is 280 g/mol. The molecule has 3 nitrogen and oxygen atoms in total. The fraction of sp³-hybridized carbons (Fsp3) is 0.286. The second-order valence-electron chi connectivity index (χ2n) is 4.13. The predicted molar refractivity (Wildman–Crippen MR) is 75.4 cm³/mol. The van der Waals surface area contributed by atoms with Gasteiger partial charge in [0.1, 0.15) is 5.82 Å². The second-order valence-corrected chi connectivity index (χ2v) is 4.40. The lowest BCUT2D eigenvalue weighted by molar-refractivity contribution is 0.627. The van der Waals surface area contributed by atoms with Crippen molar-refractivity contribution < 1.29 is 4.39 Å². The molecule has 100 valence electrons. The van der Waals surface area contributed by atoms with Crippen LogP contribution in [0.3, 0.4) is 0 Å². The van der Waals surface area contributed by atoms with Crippen molar-refractivity contribution >= 4 is 23.2 Å². The number of rotatable bonds is 4. The van der Waals surface area contributed by atoms with Crippen LogP contribution in [0.4, 0.5) is 16.0 Å². The summed E-state index contributed by atoms with van der Waals surface area (Å²) in [7, 11) is 0. The number of halogens is 2. The molecule has 1 heterocycles. The molecule has 0 aliphatic rings. The maximum absolute atomic E-state index is 13.0. The summed E-state index contributed by atoms with van der Waals surface area (Å²) in [6.07, 6.45) is 1.73. The van der Waals surface area contributed by atoms with Crippen LogP contribution in [0.2, 0.25) is 0 Å². The maximum Gasteiger partial charge on any atom is 0.230 e. The number of hydrogen-bond acceptors (Lipinski definition) is 3. The molecule has 2 rings (SSSR count). The zero-order valence-electron chi connectivity index (χ0n) is 10.9. The van der Waals surface area contributed by atoms with Gasteiger partial charge in [-0.1, -0.05) is 0 Å². The van der Waals surface area contributed by atoms with Crippen molar-refractivity contribution in [2.75, 3.05) is 11.4 Å². The van der Waals surface area contributed by atoms with Gasteiger partial charge in [-0.25, -0.2) is 14.4 Å². The molecule has 0 saturated carbocycles. The van der Waals surface area contributed by atoms with Crippen molar-refractivity contribution in [1.82, 2.24) is 9.97 Å². The molecular formula is C14H15ClFN3. The van der Waals surface area contributed by atoms with Gasteiger partial charge in [-0.05, 0) is 38.1 Å². The Kier molecular flexibility index (Phi) is 4.32. The summed E-state index contributed by atoms with van der Waals surface area (Å²) in [6.45, 7) is 4.60. The smallest absolute Gasteiger partial charge is 0.230 e. The normalized spacial score (nSPS) is 10.5. The number of nitrogens with zero attached hydrogens (tertiary/aromatic N) is 3. The average Bonchev–Trinajstić information content (AvgIpc) is 2.42. The Labute approximate surface area is 117 Å². The molecule has 0 atom stereocenters. The lowest BCUT2D eigenvalue weighted by Crippen LogP contribution is -2.19. The Morgan fingerprint density at radius 1 is 1.26 bits per heavy atom. The van der Waals surface area contributed by atoms with Gasteiger partial charge >= 0.3 is 0 Å². The Morgan fingerprint density at radius 2 is 1.95 bits per heavy atom. The van der Waals surface area contributed by atoms with Crippen molar-refractivity contribution in [3.05, 3.63) is 47.5 Å². The third kappa shape index (κ3) is 3.01. The van der Waals surface area contributed by atoms with Crippen molar-refractivity contribution in [2.45, 2.75) is 19.7 Å². The van der Waals surface area contributed by atoms with E-state index in [1.807, 2.05) is 18.7 Å². The van der Waals surface area contributed by atoms with Gasteiger partial charge in [-0.2, -0.15) is 0 Å². The van der Waals surface area contributed by atoms with Gasteiger partial charge in [0.25, 0.3) is 0 Å². The van der Waals surface area contributed by atoms with Gasteiger partial charge in [0.2, 0.25) is 5.95 Å². The topological polar surface area (TPSA) is 29.0 Å². The summed E-state index contributed by atoms with van der Waals surface area (Å²) < 4.78 is 13.0. The number of aromatic nitrogens is 2. The lowest BCUT2D eigenvalue weighted by Gasteiger charge is -2.21. The Morgan fingerprint density at radius 3 is 2.47 bits per heavy atom. The minimum atomic E-state index is -0.255. The molecule has 19 heavy (non-hydrogen) atoms.